The molecule has 0 radical (unpaired) electrons. The van der Waals surface area contributed by atoms with E-state index in [2.05, 4.69) is 10.6 Å². The van der Waals surface area contributed by atoms with Crippen LogP contribution in [0.25, 0.3) is 0 Å². The van der Waals surface area contributed by atoms with Gasteiger partial charge in [-0.05, 0) is 24.5 Å². The van der Waals surface area contributed by atoms with Crippen molar-refractivity contribution in [3.05, 3.63) is 75.8 Å². The number of nitrogens with one attached hydrogen (secondary N) is 2. The molecule has 1 amide bonds. The predicted octanol–water partition coefficient (Wildman–Crippen LogP) is 2.43. The first-order valence-corrected chi connectivity index (χ1v) is 7.82. The van der Waals surface area contributed by atoms with Crippen LogP contribution in [0.5, 0.6) is 0 Å². The third-order valence-corrected chi connectivity index (χ3v) is 3.53. The van der Waals surface area contributed by atoms with Gasteiger partial charge in [0, 0.05) is 24.7 Å². The minimum atomic E-state index is -0.416. The number of hydrogen-bond donors (Lipinski definition) is 2. The highest BCUT2D eigenvalue weighted by Crippen LogP contribution is 2.14. The second kappa shape index (κ2) is 8.79. The van der Waals surface area contributed by atoms with Crippen LogP contribution in [-0.4, -0.2) is 23.4 Å². The van der Waals surface area contributed by atoms with Crippen molar-refractivity contribution in [2.24, 2.45) is 0 Å². The summed E-state index contributed by atoms with van der Waals surface area (Å²) >= 11 is 0. The van der Waals surface area contributed by atoms with Gasteiger partial charge in [-0.2, -0.15) is 0 Å². The first kappa shape index (κ1) is 17.6. The van der Waals surface area contributed by atoms with Gasteiger partial charge in [0.25, 0.3) is 5.69 Å². The first-order valence-electron chi connectivity index (χ1n) is 7.82. The first-order chi connectivity index (χ1) is 11.5. The van der Waals surface area contributed by atoms with E-state index in [0.29, 0.717) is 13.0 Å². The summed E-state index contributed by atoms with van der Waals surface area (Å²) < 4.78 is 0. The number of non-ortho nitro benzene ring substituents is 1. The molecule has 1 unspecified atom stereocenters. The van der Waals surface area contributed by atoms with Crippen LogP contribution >= 0.6 is 0 Å². The molecule has 0 saturated heterocycles. The van der Waals surface area contributed by atoms with E-state index < -0.39 is 4.92 Å². The number of carbonyl (C=O) groups is 1. The van der Waals surface area contributed by atoms with Crippen LogP contribution in [0.15, 0.2) is 54.6 Å². The number of nitrogens with zero attached hydrogens (tertiary/aromatic N) is 1. The van der Waals surface area contributed by atoms with Crippen LogP contribution in [0.1, 0.15) is 18.1 Å². The molecule has 0 aliphatic carbocycles. The van der Waals surface area contributed by atoms with E-state index >= 15 is 0 Å². The van der Waals surface area contributed by atoms with E-state index in [1.54, 1.807) is 6.07 Å². The Morgan fingerprint density at radius 2 is 1.83 bits per heavy atom. The van der Waals surface area contributed by atoms with E-state index in [-0.39, 0.29) is 24.2 Å². The summed E-state index contributed by atoms with van der Waals surface area (Å²) in [5.41, 5.74) is 2.01. The Hall–Kier alpha value is -2.73. The van der Waals surface area contributed by atoms with E-state index in [1.165, 1.54) is 12.1 Å². The molecule has 6 nitrogen and oxygen atoms in total. The highest BCUT2D eigenvalue weighted by Gasteiger charge is 2.11. The van der Waals surface area contributed by atoms with Gasteiger partial charge in [-0.25, -0.2) is 0 Å². The van der Waals surface area contributed by atoms with E-state index in [4.69, 9.17) is 0 Å². The van der Waals surface area contributed by atoms with Crippen molar-refractivity contribution in [3.63, 3.8) is 0 Å². The van der Waals surface area contributed by atoms with Crippen molar-refractivity contribution in [1.29, 1.82) is 0 Å². The lowest BCUT2D eigenvalue weighted by molar-refractivity contribution is -0.384. The highest BCUT2D eigenvalue weighted by molar-refractivity contribution is 5.78. The zero-order valence-corrected chi connectivity index (χ0v) is 13.6. The number of nitro benzene ring substituents is 1. The fourth-order valence-corrected chi connectivity index (χ4v) is 2.44. The molecule has 2 aromatic carbocycles. The number of benzene rings is 2. The van der Waals surface area contributed by atoms with E-state index in [1.807, 2.05) is 43.3 Å². The third kappa shape index (κ3) is 5.81. The molecule has 0 saturated carbocycles. The number of hydrogen-bond acceptors (Lipinski definition) is 4. The molecule has 1 atom stereocenters. The van der Waals surface area contributed by atoms with Gasteiger partial charge in [-0.3, -0.25) is 14.9 Å². The fourth-order valence-electron chi connectivity index (χ4n) is 2.44. The van der Waals surface area contributed by atoms with E-state index in [9.17, 15) is 14.9 Å². The predicted molar refractivity (Wildman–Crippen MR) is 92.6 cm³/mol. The number of rotatable bonds is 8. The number of nitro groups is 1. The lowest BCUT2D eigenvalue weighted by Crippen LogP contribution is -2.39. The van der Waals surface area contributed by atoms with Crippen molar-refractivity contribution in [2.75, 3.05) is 6.54 Å². The normalized spacial score (nSPS) is 11.7. The fraction of sp³-hybridized carbons (Fsp3) is 0.278. The summed E-state index contributed by atoms with van der Waals surface area (Å²) in [5, 5.41) is 16.8. The van der Waals surface area contributed by atoms with Crippen LogP contribution in [-0.2, 0) is 17.8 Å². The standard InChI is InChI=1S/C18H21N3O3/c1-14(10-16-8-5-9-17(11-16)21(23)24)20-18(22)13-19-12-15-6-3-2-4-7-15/h2-9,11,14,19H,10,12-13H2,1H3,(H,20,22). The van der Waals surface area contributed by atoms with Gasteiger partial charge in [0.1, 0.15) is 0 Å². The average molecular weight is 327 g/mol. The third-order valence-electron chi connectivity index (χ3n) is 3.53. The number of amides is 1. The summed E-state index contributed by atoms with van der Waals surface area (Å²) in [5.74, 6) is -0.0936. The monoisotopic (exact) mass is 327 g/mol. The topological polar surface area (TPSA) is 84.3 Å². The van der Waals surface area contributed by atoms with Crippen LogP contribution in [0.4, 0.5) is 5.69 Å². The highest BCUT2D eigenvalue weighted by atomic mass is 16.6. The summed E-state index contributed by atoms with van der Waals surface area (Å²) in [6, 6.07) is 16.2. The van der Waals surface area contributed by atoms with Crippen LogP contribution in [0, 0.1) is 10.1 Å². The molecule has 0 aliphatic heterocycles. The minimum absolute atomic E-state index is 0.0653. The summed E-state index contributed by atoms with van der Waals surface area (Å²) in [7, 11) is 0. The zero-order valence-electron chi connectivity index (χ0n) is 13.6. The van der Waals surface area contributed by atoms with Gasteiger partial charge in [0.15, 0.2) is 0 Å². The van der Waals surface area contributed by atoms with Crippen LogP contribution in [0.2, 0.25) is 0 Å². The maximum atomic E-state index is 11.9. The van der Waals surface area contributed by atoms with Crippen molar-refractivity contribution >= 4 is 11.6 Å². The lowest BCUT2D eigenvalue weighted by atomic mass is 10.1. The maximum Gasteiger partial charge on any atom is 0.269 e. The molecule has 0 spiro atoms. The van der Waals surface area contributed by atoms with Gasteiger partial charge < -0.3 is 10.6 Å². The Kier molecular flexibility index (Phi) is 6.45. The Morgan fingerprint density at radius 3 is 2.54 bits per heavy atom. The zero-order chi connectivity index (χ0) is 17.4. The summed E-state index contributed by atoms with van der Waals surface area (Å²) in [6.07, 6.45) is 0.548. The van der Waals surface area contributed by atoms with Gasteiger partial charge in [0.2, 0.25) is 5.91 Å². The Balaban J connectivity index is 1.75. The van der Waals surface area contributed by atoms with Gasteiger partial charge in [0.05, 0.1) is 11.5 Å². The van der Waals surface area contributed by atoms with Crippen molar-refractivity contribution < 1.29 is 9.72 Å². The Labute approximate surface area is 141 Å². The molecule has 0 heterocycles. The molecule has 24 heavy (non-hydrogen) atoms. The lowest BCUT2D eigenvalue weighted by Gasteiger charge is -2.14. The second-order valence-electron chi connectivity index (χ2n) is 5.69. The van der Waals surface area contributed by atoms with Crippen LogP contribution in [0.3, 0.4) is 0 Å². The molecule has 126 valence electrons. The molecule has 0 aromatic heterocycles. The molecule has 6 heteroatoms. The SMILES string of the molecule is CC(Cc1cccc([N+](=O)[O-])c1)NC(=O)CNCc1ccccc1. The minimum Gasteiger partial charge on any atom is -0.352 e. The number of carbonyl (C=O) groups excluding carboxylic acids is 1. The molecule has 2 rings (SSSR count). The summed E-state index contributed by atoms with van der Waals surface area (Å²) in [4.78, 5) is 22.3. The van der Waals surface area contributed by atoms with Gasteiger partial charge >= 0.3 is 0 Å². The Bertz CT molecular complexity index is 689. The molecule has 2 aromatic rings. The second-order valence-corrected chi connectivity index (χ2v) is 5.69. The van der Waals surface area contributed by atoms with Gasteiger partial charge in [-0.1, -0.05) is 42.5 Å². The van der Waals surface area contributed by atoms with Gasteiger partial charge in [-0.15, -0.1) is 0 Å². The molecule has 2 N–H and O–H groups in total. The van der Waals surface area contributed by atoms with Crippen LogP contribution < -0.4 is 10.6 Å². The molecule has 0 bridgehead atoms. The Morgan fingerprint density at radius 1 is 1.12 bits per heavy atom. The van der Waals surface area contributed by atoms with E-state index in [0.717, 1.165) is 11.1 Å². The maximum absolute atomic E-state index is 11.9. The smallest absolute Gasteiger partial charge is 0.269 e. The molecule has 0 fully saturated rings. The largest absolute Gasteiger partial charge is 0.352 e. The summed E-state index contributed by atoms with van der Waals surface area (Å²) in [6.45, 7) is 2.75. The van der Waals surface area contributed by atoms with Crippen molar-refractivity contribution in [3.8, 4) is 0 Å². The van der Waals surface area contributed by atoms with Crippen molar-refractivity contribution in [2.45, 2.75) is 25.9 Å². The molecule has 0 aliphatic rings. The van der Waals surface area contributed by atoms with Crippen molar-refractivity contribution in [1.82, 2.24) is 10.6 Å². The quantitative estimate of drug-likeness (QED) is 0.576. The molecular formula is C18H21N3O3. The molecular weight excluding hydrogens is 306 g/mol. The average Bonchev–Trinajstić information content (AvgIpc) is 2.56.